The summed E-state index contributed by atoms with van der Waals surface area (Å²) in [5, 5.41) is 9.89. The lowest BCUT2D eigenvalue weighted by Gasteiger charge is -1.95. The number of carbonyl (C=O) groups is 2. The number of nitrogens with one attached hydrogen (secondary N) is 1. The Morgan fingerprint density at radius 1 is 1.35 bits per heavy atom. The third kappa shape index (κ3) is 2.81. The van der Waals surface area contributed by atoms with Crippen molar-refractivity contribution in [1.82, 2.24) is 4.98 Å². The quantitative estimate of drug-likeness (QED) is 0.662. The van der Waals surface area contributed by atoms with Crippen LogP contribution in [-0.2, 0) is 9.53 Å². The van der Waals surface area contributed by atoms with Crippen LogP contribution in [0.15, 0.2) is 24.3 Å². The first-order valence-corrected chi connectivity index (χ1v) is 6.12. The molecule has 1 aromatic heterocycles. The van der Waals surface area contributed by atoms with E-state index < -0.39 is 11.9 Å². The van der Waals surface area contributed by atoms with Gasteiger partial charge in [-0.3, -0.25) is 4.79 Å². The van der Waals surface area contributed by atoms with Crippen LogP contribution in [0.5, 0.6) is 0 Å². The Kier molecular flexibility index (Phi) is 4.06. The van der Waals surface area contributed by atoms with Crippen LogP contribution in [0.25, 0.3) is 10.9 Å². The molecule has 1 heterocycles. The van der Waals surface area contributed by atoms with E-state index in [1.54, 1.807) is 31.2 Å². The molecule has 5 nitrogen and oxygen atoms in total. The molecule has 0 aliphatic carbocycles. The minimum Gasteiger partial charge on any atom is -0.477 e. The first-order valence-electron chi connectivity index (χ1n) is 6.12. The second kappa shape index (κ2) is 5.93. The predicted molar refractivity (Wildman–Crippen MR) is 73.4 cm³/mol. The van der Waals surface area contributed by atoms with Gasteiger partial charge in [-0.25, -0.2) is 4.79 Å². The number of para-hydroxylation sites is 1. The van der Waals surface area contributed by atoms with Gasteiger partial charge in [-0.2, -0.15) is 0 Å². The van der Waals surface area contributed by atoms with Gasteiger partial charge in [-0.1, -0.05) is 30.0 Å². The Bertz CT molecular complexity index is 718. The number of carboxylic acids is 1. The average Bonchev–Trinajstić information content (AvgIpc) is 2.78. The Hall–Kier alpha value is -2.74. The maximum Gasteiger partial charge on any atom is 0.353 e. The predicted octanol–water partition coefficient (Wildman–Crippen LogP) is 2.17. The lowest BCUT2D eigenvalue weighted by atomic mass is 10.1. The fourth-order valence-electron chi connectivity index (χ4n) is 1.85. The lowest BCUT2D eigenvalue weighted by molar-refractivity contribution is -0.141. The highest BCUT2D eigenvalue weighted by Gasteiger charge is 2.14. The number of benzene rings is 1. The van der Waals surface area contributed by atoms with Crippen molar-refractivity contribution in [1.29, 1.82) is 0 Å². The second-order valence-corrected chi connectivity index (χ2v) is 4.01. The minimum absolute atomic E-state index is 0.0301. The van der Waals surface area contributed by atoms with Crippen molar-refractivity contribution in [3.63, 3.8) is 0 Å². The molecule has 0 fully saturated rings. The van der Waals surface area contributed by atoms with E-state index in [-0.39, 0.29) is 12.1 Å². The zero-order chi connectivity index (χ0) is 14.5. The highest BCUT2D eigenvalue weighted by Crippen LogP contribution is 2.21. The topological polar surface area (TPSA) is 79.4 Å². The molecule has 2 aromatic rings. The van der Waals surface area contributed by atoms with Crippen molar-refractivity contribution in [3.8, 4) is 11.8 Å². The van der Waals surface area contributed by atoms with Crippen molar-refractivity contribution in [3.05, 3.63) is 35.5 Å². The molecule has 0 amide bonds. The molecule has 0 spiro atoms. The number of carboxylic acid groups (broad SMARTS) is 1. The molecule has 0 saturated carbocycles. The number of H-pyrrole nitrogens is 1. The number of hydrogen-bond donors (Lipinski definition) is 2. The molecule has 0 aliphatic rings. The lowest BCUT2D eigenvalue weighted by Crippen LogP contribution is -2.02. The van der Waals surface area contributed by atoms with Gasteiger partial charge in [-0.05, 0) is 13.0 Å². The molecule has 20 heavy (non-hydrogen) atoms. The summed E-state index contributed by atoms with van der Waals surface area (Å²) in [7, 11) is 0. The van der Waals surface area contributed by atoms with Crippen LogP contribution in [0, 0.1) is 11.8 Å². The summed E-state index contributed by atoms with van der Waals surface area (Å²) < 4.78 is 4.76. The zero-order valence-corrected chi connectivity index (χ0v) is 10.9. The van der Waals surface area contributed by atoms with Crippen LogP contribution in [-0.4, -0.2) is 28.6 Å². The molecule has 0 saturated heterocycles. The van der Waals surface area contributed by atoms with Crippen LogP contribution < -0.4 is 0 Å². The normalized spacial score (nSPS) is 9.85. The highest BCUT2D eigenvalue weighted by atomic mass is 16.5. The molecule has 2 N–H and O–H groups in total. The van der Waals surface area contributed by atoms with Crippen molar-refractivity contribution in [2.24, 2.45) is 0 Å². The van der Waals surface area contributed by atoms with Gasteiger partial charge in [0.2, 0.25) is 0 Å². The van der Waals surface area contributed by atoms with Gasteiger partial charge >= 0.3 is 11.9 Å². The largest absolute Gasteiger partial charge is 0.477 e. The number of esters is 1. The zero-order valence-electron chi connectivity index (χ0n) is 10.9. The van der Waals surface area contributed by atoms with Crippen molar-refractivity contribution < 1.29 is 19.4 Å². The molecule has 0 unspecified atom stereocenters. The third-order valence-corrected chi connectivity index (χ3v) is 2.67. The van der Waals surface area contributed by atoms with E-state index in [0.29, 0.717) is 17.7 Å². The van der Waals surface area contributed by atoms with Gasteiger partial charge in [0.15, 0.2) is 0 Å². The number of aromatic carboxylic acids is 1. The third-order valence-electron chi connectivity index (χ3n) is 2.67. The van der Waals surface area contributed by atoms with E-state index in [0.717, 1.165) is 5.39 Å². The Morgan fingerprint density at radius 2 is 2.10 bits per heavy atom. The van der Waals surface area contributed by atoms with Gasteiger partial charge in [-0.15, -0.1) is 0 Å². The van der Waals surface area contributed by atoms with Crippen LogP contribution in [0.3, 0.4) is 0 Å². The summed E-state index contributed by atoms with van der Waals surface area (Å²) in [6, 6.07) is 7.17. The number of rotatable bonds is 3. The fourth-order valence-corrected chi connectivity index (χ4v) is 1.85. The minimum atomic E-state index is -1.08. The first kappa shape index (κ1) is 13.7. The summed E-state index contributed by atoms with van der Waals surface area (Å²) in [6.07, 6.45) is -0.0631. The van der Waals surface area contributed by atoms with E-state index in [1.165, 1.54) is 0 Å². The van der Waals surface area contributed by atoms with Crippen LogP contribution in [0.2, 0.25) is 0 Å². The van der Waals surface area contributed by atoms with E-state index in [2.05, 4.69) is 16.8 Å². The molecule has 0 atom stereocenters. The molecule has 1 aromatic carbocycles. The van der Waals surface area contributed by atoms with Gasteiger partial charge in [0, 0.05) is 10.9 Å². The van der Waals surface area contributed by atoms with E-state index in [9.17, 15) is 9.59 Å². The molecule has 0 bridgehead atoms. The van der Waals surface area contributed by atoms with Crippen molar-refractivity contribution in [2.75, 3.05) is 6.61 Å². The maximum absolute atomic E-state index is 11.2. The Morgan fingerprint density at radius 3 is 2.80 bits per heavy atom. The van der Waals surface area contributed by atoms with Crippen molar-refractivity contribution >= 4 is 22.8 Å². The summed E-state index contributed by atoms with van der Waals surface area (Å²) >= 11 is 0. The molecule has 102 valence electrons. The van der Waals surface area contributed by atoms with Gasteiger partial charge in [0.1, 0.15) is 12.1 Å². The number of aromatic amines is 1. The maximum atomic E-state index is 11.2. The highest BCUT2D eigenvalue weighted by molar-refractivity contribution is 5.99. The van der Waals surface area contributed by atoms with Gasteiger partial charge in [0.05, 0.1) is 12.2 Å². The van der Waals surface area contributed by atoms with Gasteiger partial charge in [0.25, 0.3) is 0 Å². The summed E-state index contributed by atoms with van der Waals surface area (Å²) in [6.45, 7) is 2.02. The van der Waals surface area contributed by atoms with E-state index >= 15 is 0 Å². The number of carbonyl (C=O) groups excluding carboxylic acids is 1. The summed E-state index contributed by atoms with van der Waals surface area (Å²) in [5.41, 5.74) is 1.12. The monoisotopic (exact) mass is 271 g/mol. The molecule has 0 radical (unpaired) electrons. The number of fused-ring (bicyclic) bond motifs is 1. The number of aromatic nitrogens is 1. The van der Waals surface area contributed by atoms with Crippen LogP contribution in [0.4, 0.5) is 0 Å². The van der Waals surface area contributed by atoms with Crippen LogP contribution >= 0.6 is 0 Å². The molecular formula is C15H13NO4. The van der Waals surface area contributed by atoms with Gasteiger partial charge < -0.3 is 14.8 Å². The van der Waals surface area contributed by atoms with Crippen molar-refractivity contribution in [2.45, 2.75) is 13.3 Å². The SMILES string of the molecule is CCOC(=O)CC#Cc1c(C(=O)O)[nH]c2ccccc12. The molecular weight excluding hydrogens is 258 g/mol. The standard InChI is InChI=1S/C15H13NO4/c1-2-20-13(17)9-5-7-11-10-6-3-4-8-12(10)16-14(11)15(18)19/h3-4,6,8,16H,2,9H2,1H3,(H,18,19). The number of ether oxygens (including phenoxy) is 1. The Labute approximate surface area is 115 Å². The smallest absolute Gasteiger partial charge is 0.353 e. The molecule has 2 rings (SSSR count). The second-order valence-electron chi connectivity index (χ2n) is 4.01. The Balaban J connectivity index is 2.37. The number of hydrogen-bond acceptors (Lipinski definition) is 3. The average molecular weight is 271 g/mol. The summed E-state index contributed by atoms with van der Waals surface area (Å²) in [5.74, 6) is 3.89. The van der Waals surface area contributed by atoms with E-state index in [4.69, 9.17) is 9.84 Å². The van der Waals surface area contributed by atoms with E-state index in [1.807, 2.05) is 0 Å². The fraction of sp³-hybridized carbons (Fsp3) is 0.200. The summed E-state index contributed by atoms with van der Waals surface area (Å²) in [4.78, 5) is 25.2. The molecule has 5 heteroatoms. The van der Waals surface area contributed by atoms with Crippen LogP contribution in [0.1, 0.15) is 29.4 Å². The first-order chi connectivity index (χ1) is 9.63. The molecule has 0 aliphatic heterocycles.